The molecule has 0 aliphatic rings. The molecule has 67 heavy (non-hydrogen) atoms. The highest BCUT2D eigenvalue weighted by molar-refractivity contribution is 5.71. The van der Waals surface area contributed by atoms with Gasteiger partial charge in [0.25, 0.3) is 0 Å². The van der Waals surface area contributed by atoms with E-state index in [-0.39, 0.29) is 31.1 Å². The summed E-state index contributed by atoms with van der Waals surface area (Å²) in [4.78, 5) is 38.1. The molecule has 0 saturated carbocycles. The van der Waals surface area contributed by atoms with Gasteiger partial charge >= 0.3 is 17.9 Å². The van der Waals surface area contributed by atoms with Crippen LogP contribution in [0.4, 0.5) is 0 Å². The fourth-order valence-corrected chi connectivity index (χ4v) is 7.51. The summed E-state index contributed by atoms with van der Waals surface area (Å²) < 4.78 is 16.8. The van der Waals surface area contributed by atoms with Gasteiger partial charge in [-0.3, -0.25) is 14.4 Å². The van der Waals surface area contributed by atoms with E-state index in [4.69, 9.17) is 14.2 Å². The summed E-state index contributed by atoms with van der Waals surface area (Å²) in [5.74, 6) is -0.933. The van der Waals surface area contributed by atoms with Crippen molar-refractivity contribution in [1.82, 2.24) is 0 Å². The van der Waals surface area contributed by atoms with Gasteiger partial charge in [0.15, 0.2) is 6.10 Å². The van der Waals surface area contributed by atoms with Crippen molar-refractivity contribution >= 4 is 17.9 Å². The Morgan fingerprint density at radius 3 is 1.09 bits per heavy atom. The molecular formula is C61H102O6. The number of ether oxygens (including phenoxy) is 3. The van der Waals surface area contributed by atoms with Gasteiger partial charge in [-0.15, -0.1) is 0 Å². The Morgan fingerprint density at radius 2 is 0.657 bits per heavy atom. The van der Waals surface area contributed by atoms with E-state index in [1.54, 1.807) is 0 Å². The highest BCUT2D eigenvalue weighted by Crippen LogP contribution is 2.14. The number of esters is 3. The van der Waals surface area contributed by atoms with Crippen molar-refractivity contribution in [2.75, 3.05) is 13.2 Å². The van der Waals surface area contributed by atoms with Crippen LogP contribution in [0.5, 0.6) is 0 Å². The first kappa shape index (κ1) is 63.3. The summed E-state index contributed by atoms with van der Waals surface area (Å²) in [5.41, 5.74) is 0. The highest BCUT2D eigenvalue weighted by atomic mass is 16.6. The van der Waals surface area contributed by atoms with Crippen molar-refractivity contribution in [1.29, 1.82) is 0 Å². The fraction of sp³-hybridized carbons (Fsp3) is 0.689. The second kappa shape index (κ2) is 54.9. The average Bonchev–Trinajstić information content (AvgIpc) is 3.33. The summed E-state index contributed by atoms with van der Waals surface area (Å²) in [5, 5.41) is 0. The van der Waals surface area contributed by atoms with Crippen LogP contribution in [-0.2, 0) is 28.6 Å². The summed E-state index contributed by atoms with van der Waals surface area (Å²) >= 11 is 0. The average molecular weight is 931 g/mol. The molecule has 0 aliphatic carbocycles. The SMILES string of the molecule is CC\C=C/C=C\C=C/CCCCCCCCCC(=O)OCC(COC(=O)CCCCCCC/C=C\C=C/CCCCCCCCC)OC(=O)CCCCCCCC/C=C\C/C=C\C/C=C\CC. The number of hydrogen-bond acceptors (Lipinski definition) is 6. The Hall–Kier alpha value is -3.67. The summed E-state index contributed by atoms with van der Waals surface area (Å²) in [7, 11) is 0. The number of rotatable bonds is 49. The maximum atomic E-state index is 12.8. The zero-order valence-corrected chi connectivity index (χ0v) is 43.6. The smallest absolute Gasteiger partial charge is 0.306 e. The molecule has 0 radical (unpaired) electrons. The van der Waals surface area contributed by atoms with E-state index < -0.39 is 6.10 Å². The predicted octanol–water partition coefficient (Wildman–Crippen LogP) is 18.5. The van der Waals surface area contributed by atoms with Crippen molar-refractivity contribution in [3.63, 3.8) is 0 Å². The first-order valence-corrected chi connectivity index (χ1v) is 27.8. The van der Waals surface area contributed by atoms with Gasteiger partial charge in [0, 0.05) is 19.3 Å². The van der Waals surface area contributed by atoms with Gasteiger partial charge in [0.2, 0.25) is 0 Å². The van der Waals surface area contributed by atoms with E-state index in [0.29, 0.717) is 19.3 Å². The van der Waals surface area contributed by atoms with Gasteiger partial charge in [-0.1, -0.05) is 234 Å². The number of allylic oxidation sites excluding steroid dienone is 16. The molecule has 0 rings (SSSR count). The lowest BCUT2D eigenvalue weighted by atomic mass is 10.1. The Kier molecular flexibility index (Phi) is 51.9. The fourth-order valence-electron chi connectivity index (χ4n) is 7.51. The molecule has 0 aromatic carbocycles. The summed E-state index contributed by atoms with van der Waals surface area (Å²) in [6, 6.07) is 0. The zero-order valence-electron chi connectivity index (χ0n) is 43.6. The number of unbranched alkanes of at least 4 members (excludes halogenated alkanes) is 25. The third-order valence-electron chi connectivity index (χ3n) is 11.6. The lowest BCUT2D eigenvalue weighted by Crippen LogP contribution is -2.30. The van der Waals surface area contributed by atoms with E-state index in [1.165, 1.54) is 89.9 Å². The normalized spacial score (nSPS) is 12.8. The van der Waals surface area contributed by atoms with Crippen LogP contribution in [0.25, 0.3) is 0 Å². The molecule has 0 heterocycles. The molecule has 0 fully saturated rings. The van der Waals surface area contributed by atoms with E-state index in [1.807, 2.05) is 0 Å². The Labute approximate surface area is 413 Å². The number of hydrogen-bond donors (Lipinski definition) is 0. The van der Waals surface area contributed by atoms with Crippen LogP contribution < -0.4 is 0 Å². The molecule has 382 valence electrons. The van der Waals surface area contributed by atoms with E-state index >= 15 is 0 Å². The van der Waals surface area contributed by atoms with Crippen molar-refractivity contribution in [2.24, 2.45) is 0 Å². The maximum absolute atomic E-state index is 12.8. The first-order chi connectivity index (χ1) is 33.0. The molecule has 0 aromatic rings. The summed E-state index contributed by atoms with van der Waals surface area (Å²) in [6.45, 7) is 6.36. The van der Waals surface area contributed by atoms with Crippen molar-refractivity contribution in [3.8, 4) is 0 Å². The third kappa shape index (κ3) is 53.2. The van der Waals surface area contributed by atoms with Gasteiger partial charge in [0.05, 0.1) is 0 Å². The Balaban J connectivity index is 4.45. The van der Waals surface area contributed by atoms with Crippen molar-refractivity contribution in [3.05, 3.63) is 97.2 Å². The monoisotopic (exact) mass is 931 g/mol. The lowest BCUT2D eigenvalue weighted by Gasteiger charge is -2.18. The highest BCUT2D eigenvalue weighted by Gasteiger charge is 2.19. The molecular weight excluding hydrogens is 829 g/mol. The first-order valence-electron chi connectivity index (χ1n) is 27.8. The minimum Gasteiger partial charge on any atom is -0.462 e. The molecule has 1 unspecified atom stereocenters. The van der Waals surface area contributed by atoms with Crippen LogP contribution in [-0.4, -0.2) is 37.2 Å². The van der Waals surface area contributed by atoms with Gasteiger partial charge in [0.1, 0.15) is 13.2 Å². The molecule has 6 nitrogen and oxygen atoms in total. The minimum atomic E-state index is -0.797. The van der Waals surface area contributed by atoms with Crippen LogP contribution in [0.3, 0.4) is 0 Å². The number of carbonyl (C=O) groups is 3. The van der Waals surface area contributed by atoms with Crippen LogP contribution in [0.2, 0.25) is 0 Å². The molecule has 0 spiro atoms. The number of carbonyl (C=O) groups excluding carboxylic acids is 3. The molecule has 0 amide bonds. The van der Waals surface area contributed by atoms with E-state index in [9.17, 15) is 14.4 Å². The lowest BCUT2D eigenvalue weighted by molar-refractivity contribution is -0.167. The molecule has 1 atom stereocenters. The van der Waals surface area contributed by atoms with Crippen LogP contribution in [0, 0.1) is 0 Å². The predicted molar refractivity (Wildman–Crippen MR) is 288 cm³/mol. The van der Waals surface area contributed by atoms with Gasteiger partial charge in [-0.2, -0.15) is 0 Å². The maximum Gasteiger partial charge on any atom is 0.306 e. The Morgan fingerprint density at radius 1 is 0.328 bits per heavy atom. The van der Waals surface area contributed by atoms with Crippen LogP contribution in [0.1, 0.15) is 252 Å². The largest absolute Gasteiger partial charge is 0.462 e. The third-order valence-corrected chi connectivity index (χ3v) is 11.6. The molecule has 0 bridgehead atoms. The summed E-state index contributed by atoms with van der Waals surface area (Å²) in [6.07, 6.45) is 72.5. The van der Waals surface area contributed by atoms with Crippen LogP contribution in [0.15, 0.2) is 97.2 Å². The minimum absolute atomic E-state index is 0.0952. The molecule has 0 N–H and O–H groups in total. The van der Waals surface area contributed by atoms with E-state index in [2.05, 4.69) is 118 Å². The molecule has 6 heteroatoms. The van der Waals surface area contributed by atoms with E-state index in [0.717, 1.165) is 122 Å². The van der Waals surface area contributed by atoms with Gasteiger partial charge in [-0.05, 0) is 96.3 Å². The van der Waals surface area contributed by atoms with Gasteiger partial charge < -0.3 is 14.2 Å². The zero-order chi connectivity index (χ0) is 48.6. The van der Waals surface area contributed by atoms with Crippen molar-refractivity contribution < 1.29 is 28.6 Å². The molecule has 0 saturated heterocycles. The topological polar surface area (TPSA) is 78.9 Å². The van der Waals surface area contributed by atoms with Crippen LogP contribution >= 0.6 is 0 Å². The Bertz CT molecular complexity index is 1350. The second-order valence-electron chi connectivity index (χ2n) is 18.2. The van der Waals surface area contributed by atoms with Crippen molar-refractivity contribution in [2.45, 2.75) is 258 Å². The molecule has 0 aliphatic heterocycles. The quantitative estimate of drug-likeness (QED) is 0.0199. The molecule has 0 aromatic heterocycles. The standard InChI is InChI=1S/C61H102O6/c1-4-7-10-13-16-19-22-25-28-30-31-34-36-39-42-45-48-51-54-60(63)66-57-58(56-65-59(62)53-50-47-44-41-38-35-32-27-24-21-18-15-12-9-6-3)67-61(64)55-52-49-46-43-40-37-33-29-26-23-20-17-14-11-8-5-2/h8-9,11-12,15,17-18,20-21,24,26,28-31,34,58H,4-7,10,13-14,16,19,22-23,25,27,32-33,35-57H2,1-3H3/b11-8-,12-9-,18-15-,20-17-,24-21-,29-26-,30-28-,34-31-. The van der Waals surface area contributed by atoms with Gasteiger partial charge in [-0.25, -0.2) is 0 Å². The second-order valence-corrected chi connectivity index (χ2v) is 18.2.